The van der Waals surface area contributed by atoms with Crippen LogP contribution in [0, 0.1) is 13.8 Å². The van der Waals surface area contributed by atoms with Gasteiger partial charge < -0.3 is 9.47 Å². The molecule has 5 nitrogen and oxygen atoms in total. The zero-order chi connectivity index (χ0) is 18.5. The molecule has 0 unspecified atom stereocenters. The van der Waals surface area contributed by atoms with E-state index in [-0.39, 0.29) is 12.3 Å². The fraction of sp³-hybridized carbons (Fsp3) is 0.333. The maximum Gasteiger partial charge on any atom is 0.192 e. The highest BCUT2D eigenvalue weighted by Gasteiger charge is 2.33. The monoisotopic (exact) mass is 437 g/mol. The topological polar surface area (TPSA) is 49.2 Å². The molecule has 0 amide bonds. The van der Waals surface area contributed by atoms with Crippen molar-refractivity contribution in [3.8, 4) is 11.3 Å². The van der Waals surface area contributed by atoms with Crippen LogP contribution < -0.4 is 0 Å². The van der Waals surface area contributed by atoms with Gasteiger partial charge >= 0.3 is 0 Å². The Morgan fingerprint density at radius 2 is 1.81 bits per heavy atom. The molecule has 1 saturated heterocycles. The first-order chi connectivity index (χ1) is 12.4. The number of benzene rings is 1. The standard InChI is InChI=1S/C18H17BrFN3O2S/c1-10-14-17(21-11(2)16(19)22-14)23(26-20)15(10)12-4-6-13(7-5-12)18(3)24-8-9-25-18/h4-7H,8-9H2,1-3H3. The molecule has 0 radical (unpaired) electrons. The van der Waals surface area contributed by atoms with Crippen molar-refractivity contribution < 1.29 is 13.4 Å². The summed E-state index contributed by atoms with van der Waals surface area (Å²) in [5.41, 5.74) is 5.36. The first-order valence-corrected chi connectivity index (χ1v) is 9.64. The number of nitrogens with zero attached hydrogens (tertiary/aromatic N) is 3. The first-order valence-electron chi connectivity index (χ1n) is 8.17. The van der Waals surface area contributed by atoms with Crippen LogP contribution in [0.1, 0.15) is 23.7 Å². The molecule has 1 aliphatic rings. The Morgan fingerprint density at radius 1 is 1.15 bits per heavy atom. The Hall–Kier alpha value is -1.48. The zero-order valence-corrected chi connectivity index (χ0v) is 16.9. The minimum Gasteiger partial charge on any atom is -0.344 e. The summed E-state index contributed by atoms with van der Waals surface area (Å²) in [4.78, 5) is 9.03. The van der Waals surface area contributed by atoms with Crippen LogP contribution in [0.3, 0.4) is 0 Å². The van der Waals surface area contributed by atoms with E-state index in [0.29, 0.717) is 29.0 Å². The van der Waals surface area contributed by atoms with Crippen molar-refractivity contribution >= 4 is 39.4 Å². The lowest BCUT2D eigenvalue weighted by Gasteiger charge is -2.22. The van der Waals surface area contributed by atoms with E-state index in [1.54, 1.807) is 0 Å². The van der Waals surface area contributed by atoms with E-state index < -0.39 is 5.79 Å². The number of ether oxygens (including phenoxy) is 2. The van der Waals surface area contributed by atoms with Gasteiger partial charge in [0.05, 0.1) is 24.6 Å². The van der Waals surface area contributed by atoms with Crippen LogP contribution in [0.4, 0.5) is 3.89 Å². The Labute approximate surface area is 163 Å². The van der Waals surface area contributed by atoms with Gasteiger partial charge in [0.1, 0.15) is 10.1 Å². The highest BCUT2D eigenvalue weighted by atomic mass is 79.9. The van der Waals surface area contributed by atoms with Crippen molar-refractivity contribution in [3.63, 3.8) is 0 Å². The average molecular weight is 438 g/mol. The van der Waals surface area contributed by atoms with Crippen LogP contribution in [-0.2, 0) is 15.3 Å². The van der Waals surface area contributed by atoms with Crippen LogP contribution in [0.15, 0.2) is 28.9 Å². The van der Waals surface area contributed by atoms with Gasteiger partial charge in [-0.15, -0.1) is 3.89 Å². The summed E-state index contributed by atoms with van der Waals surface area (Å²) in [5.74, 6) is -0.722. The van der Waals surface area contributed by atoms with Crippen LogP contribution >= 0.6 is 28.3 Å². The second-order valence-corrected chi connectivity index (χ2v) is 7.58. The third-order valence-electron chi connectivity index (χ3n) is 4.69. The largest absolute Gasteiger partial charge is 0.344 e. The van der Waals surface area contributed by atoms with Crippen molar-refractivity contribution in [3.05, 3.63) is 45.7 Å². The molecule has 1 fully saturated rings. The number of rotatable bonds is 3. The average Bonchev–Trinajstić information content (AvgIpc) is 3.19. The predicted octanol–water partition coefficient (Wildman–Crippen LogP) is 5.08. The molecule has 136 valence electrons. The number of halogens is 2. The zero-order valence-electron chi connectivity index (χ0n) is 14.5. The number of fused-ring (bicyclic) bond motifs is 1. The lowest BCUT2D eigenvalue weighted by Crippen LogP contribution is -2.22. The molecule has 8 heteroatoms. The molecule has 0 saturated carbocycles. The summed E-state index contributed by atoms with van der Waals surface area (Å²) >= 11 is 3.54. The lowest BCUT2D eigenvalue weighted by atomic mass is 10.0. The van der Waals surface area contributed by atoms with Gasteiger partial charge in [-0.2, -0.15) is 0 Å². The van der Waals surface area contributed by atoms with Gasteiger partial charge in [0.15, 0.2) is 23.8 Å². The SMILES string of the molecule is Cc1nc2c(nc1Br)c(C)c(-c1ccc(C3(C)OCCO3)cc1)n2SF. The molecule has 0 N–H and O–H groups in total. The van der Waals surface area contributed by atoms with E-state index in [2.05, 4.69) is 25.9 Å². The van der Waals surface area contributed by atoms with Crippen molar-refractivity contribution in [1.82, 2.24) is 13.9 Å². The summed E-state index contributed by atoms with van der Waals surface area (Å²) in [6.07, 6.45) is 0. The molecule has 1 aliphatic heterocycles. The molecular weight excluding hydrogens is 421 g/mol. The maximum atomic E-state index is 13.8. The molecule has 0 aliphatic carbocycles. The predicted molar refractivity (Wildman–Crippen MR) is 103 cm³/mol. The van der Waals surface area contributed by atoms with Crippen LogP contribution in [0.2, 0.25) is 0 Å². The first kappa shape index (κ1) is 17.9. The molecular formula is C18H17BrFN3O2S. The van der Waals surface area contributed by atoms with Gasteiger partial charge in [-0.25, -0.2) is 13.9 Å². The normalized spacial score (nSPS) is 16.5. The lowest BCUT2D eigenvalue weighted by molar-refractivity contribution is -0.149. The van der Waals surface area contributed by atoms with E-state index in [1.165, 1.54) is 3.97 Å². The maximum absolute atomic E-state index is 13.8. The van der Waals surface area contributed by atoms with Crippen molar-refractivity contribution in [2.75, 3.05) is 13.2 Å². The fourth-order valence-corrected chi connectivity index (χ4v) is 4.03. The van der Waals surface area contributed by atoms with E-state index in [9.17, 15) is 3.89 Å². The number of aromatic nitrogens is 3. The number of hydrogen-bond donors (Lipinski definition) is 0. The van der Waals surface area contributed by atoms with Gasteiger partial charge in [0.2, 0.25) is 0 Å². The third kappa shape index (κ3) is 2.76. The van der Waals surface area contributed by atoms with Gasteiger partial charge in [0.25, 0.3) is 0 Å². The second-order valence-electron chi connectivity index (χ2n) is 6.33. The number of aryl methyl sites for hydroxylation is 2. The fourth-order valence-electron chi connectivity index (χ4n) is 3.26. The molecule has 26 heavy (non-hydrogen) atoms. The minimum absolute atomic E-state index is 0.133. The molecule has 3 aromatic rings. The van der Waals surface area contributed by atoms with Crippen molar-refractivity contribution in [2.24, 2.45) is 0 Å². The van der Waals surface area contributed by atoms with Gasteiger partial charge in [0, 0.05) is 11.1 Å². The molecule has 2 aromatic heterocycles. The minimum atomic E-state index is -0.722. The third-order valence-corrected chi connectivity index (χ3v) is 5.93. The molecule has 3 heterocycles. The Bertz CT molecular complexity index is 985. The smallest absolute Gasteiger partial charge is 0.192 e. The highest BCUT2D eigenvalue weighted by Crippen LogP contribution is 2.38. The van der Waals surface area contributed by atoms with E-state index in [1.807, 2.05) is 45.0 Å². The highest BCUT2D eigenvalue weighted by molar-refractivity contribution is 9.10. The van der Waals surface area contributed by atoms with Crippen molar-refractivity contribution in [1.29, 1.82) is 0 Å². The Balaban J connectivity index is 1.85. The molecule has 4 rings (SSSR count). The van der Waals surface area contributed by atoms with Gasteiger partial charge in [-0.3, -0.25) is 0 Å². The molecule has 0 bridgehead atoms. The molecule has 0 atom stereocenters. The van der Waals surface area contributed by atoms with Gasteiger partial charge in [-0.1, -0.05) is 24.3 Å². The molecule has 1 aromatic carbocycles. The molecule has 0 spiro atoms. The van der Waals surface area contributed by atoms with Crippen LogP contribution in [0.25, 0.3) is 22.4 Å². The Morgan fingerprint density at radius 3 is 2.42 bits per heavy atom. The van der Waals surface area contributed by atoms with E-state index in [4.69, 9.17) is 9.47 Å². The number of hydrogen-bond acceptors (Lipinski definition) is 5. The summed E-state index contributed by atoms with van der Waals surface area (Å²) in [6, 6.07) is 7.79. The second kappa shape index (κ2) is 6.60. The van der Waals surface area contributed by atoms with E-state index in [0.717, 1.165) is 28.1 Å². The quantitative estimate of drug-likeness (QED) is 0.571. The summed E-state index contributed by atoms with van der Waals surface area (Å²) in [5, 5.41) is 0. The summed E-state index contributed by atoms with van der Waals surface area (Å²) in [6.45, 7) is 6.83. The van der Waals surface area contributed by atoms with E-state index >= 15 is 0 Å². The van der Waals surface area contributed by atoms with Crippen LogP contribution in [-0.4, -0.2) is 27.2 Å². The van der Waals surface area contributed by atoms with Crippen molar-refractivity contribution in [2.45, 2.75) is 26.6 Å². The summed E-state index contributed by atoms with van der Waals surface area (Å²) < 4.78 is 27.3. The van der Waals surface area contributed by atoms with Gasteiger partial charge in [-0.05, 0) is 42.3 Å². The van der Waals surface area contributed by atoms with Crippen LogP contribution in [0.5, 0.6) is 0 Å². The summed E-state index contributed by atoms with van der Waals surface area (Å²) in [7, 11) is 0. The Kier molecular flexibility index (Phi) is 4.54.